The Morgan fingerprint density at radius 1 is 1.52 bits per heavy atom. The highest BCUT2D eigenvalue weighted by molar-refractivity contribution is 5.80. The lowest BCUT2D eigenvalue weighted by atomic mass is 9.95. The summed E-state index contributed by atoms with van der Waals surface area (Å²) in [6.07, 6.45) is 5.23. The van der Waals surface area contributed by atoms with E-state index < -0.39 is 0 Å². The minimum atomic E-state index is -0.214. The molecule has 0 aromatic carbocycles. The van der Waals surface area contributed by atoms with Gasteiger partial charge < -0.3 is 16.0 Å². The van der Waals surface area contributed by atoms with Crippen LogP contribution in [0, 0.1) is 5.92 Å². The molecule has 2 heterocycles. The number of amides is 1. The molecule has 6 nitrogen and oxygen atoms in total. The van der Waals surface area contributed by atoms with Crippen molar-refractivity contribution >= 4 is 11.9 Å². The molecular weight excluding hydrogens is 290 g/mol. The van der Waals surface area contributed by atoms with Crippen molar-refractivity contribution in [3.63, 3.8) is 0 Å². The lowest BCUT2D eigenvalue weighted by molar-refractivity contribution is -0.119. The van der Waals surface area contributed by atoms with Crippen molar-refractivity contribution in [2.24, 2.45) is 16.6 Å². The predicted molar refractivity (Wildman–Crippen MR) is 92.0 cm³/mol. The first-order valence-corrected chi connectivity index (χ1v) is 8.40. The van der Waals surface area contributed by atoms with Crippen LogP contribution in [0.4, 0.5) is 0 Å². The Labute approximate surface area is 138 Å². The second kappa shape index (κ2) is 9.12. The third-order valence-electron chi connectivity index (χ3n) is 4.00. The first-order chi connectivity index (χ1) is 11.2. The Kier molecular flexibility index (Phi) is 6.84. The number of carbonyl (C=O) groups is 1. The van der Waals surface area contributed by atoms with Crippen LogP contribution in [0.5, 0.6) is 0 Å². The number of carbonyl (C=O) groups excluding carboxylic acids is 1. The Hall–Kier alpha value is -2.11. The van der Waals surface area contributed by atoms with Gasteiger partial charge in [-0.2, -0.15) is 0 Å². The summed E-state index contributed by atoms with van der Waals surface area (Å²) in [5, 5.41) is 3.35. The van der Waals surface area contributed by atoms with Gasteiger partial charge in [-0.3, -0.25) is 14.8 Å². The van der Waals surface area contributed by atoms with Crippen LogP contribution in [0.1, 0.15) is 31.9 Å². The van der Waals surface area contributed by atoms with E-state index in [4.69, 9.17) is 10.7 Å². The van der Waals surface area contributed by atoms with E-state index in [0.717, 1.165) is 50.6 Å². The zero-order valence-corrected chi connectivity index (χ0v) is 13.9. The van der Waals surface area contributed by atoms with Gasteiger partial charge in [-0.25, -0.2) is 0 Å². The fraction of sp³-hybridized carbons (Fsp3) is 0.588. The number of guanidine groups is 1. The Balaban J connectivity index is 1.93. The average molecular weight is 317 g/mol. The van der Waals surface area contributed by atoms with Crippen molar-refractivity contribution < 1.29 is 4.79 Å². The zero-order valence-electron chi connectivity index (χ0n) is 13.9. The van der Waals surface area contributed by atoms with Crippen LogP contribution in [0.25, 0.3) is 0 Å². The molecule has 0 saturated carbocycles. The van der Waals surface area contributed by atoms with Crippen molar-refractivity contribution in [2.45, 2.75) is 32.6 Å². The second-order valence-electron chi connectivity index (χ2n) is 5.93. The van der Waals surface area contributed by atoms with E-state index in [9.17, 15) is 4.79 Å². The number of primary amides is 1. The van der Waals surface area contributed by atoms with E-state index in [2.05, 4.69) is 22.1 Å². The van der Waals surface area contributed by atoms with Gasteiger partial charge in [0.1, 0.15) is 0 Å². The largest absolute Gasteiger partial charge is 0.370 e. The monoisotopic (exact) mass is 317 g/mol. The fourth-order valence-electron chi connectivity index (χ4n) is 2.96. The van der Waals surface area contributed by atoms with Crippen LogP contribution in [0.15, 0.2) is 29.4 Å². The molecule has 3 N–H and O–H groups in total. The topological polar surface area (TPSA) is 83.6 Å². The SMILES string of the molecule is CCNC(=NCCc1ccccn1)N1CCCC(CC(N)=O)C1. The third kappa shape index (κ3) is 5.88. The van der Waals surface area contributed by atoms with Gasteiger partial charge in [0.05, 0.1) is 0 Å². The molecule has 1 atom stereocenters. The molecule has 0 radical (unpaired) electrons. The van der Waals surface area contributed by atoms with Crippen molar-refractivity contribution in [2.75, 3.05) is 26.2 Å². The van der Waals surface area contributed by atoms with Crippen molar-refractivity contribution in [3.8, 4) is 0 Å². The van der Waals surface area contributed by atoms with E-state index in [1.807, 2.05) is 24.4 Å². The Bertz CT molecular complexity index is 517. The van der Waals surface area contributed by atoms with Gasteiger partial charge >= 0.3 is 0 Å². The summed E-state index contributed by atoms with van der Waals surface area (Å²) in [5.74, 6) is 1.05. The summed E-state index contributed by atoms with van der Waals surface area (Å²) < 4.78 is 0. The van der Waals surface area contributed by atoms with Gasteiger partial charge in [0.25, 0.3) is 0 Å². The molecule has 0 aliphatic carbocycles. The van der Waals surface area contributed by atoms with Crippen LogP contribution in [0.3, 0.4) is 0 Å². The van der Waals surface area contributed by atoms with Crippen molar-refractivity contribution in [1.82, 2.24) is 15.2 Å². The van der Waals surface area contributed by atoms with Crippen LogP contribution < -0.4 is 11.1 Å². The Morgan fingerprint density at radius 2 is 2.39 bits per heavy atom. The molecule has 2 rings (SSSR count). The molecular formula is C17H27N5O. The maximum Gasteiger partial charge on any atom is 0.217 e. The van der Waals surface area contributed by atoms with E-state index in [0.29, 0.717) is 18.9 Å². The minimum Gasteiger partial charge on any atom is -0.370 e. The summed E-state index contributed by atoms with van der Waals surface area (Å²) in [6.45, 7) is 5.43. The molecule has 0 bridgehead atoms. The first kappa shape index (κ1) is 17.2. The molecule has 1 aliphatic heterocycles. The van der Waals surface area contributed by atoms with Crippen molar-refractivity contribution in [3.05, 3.63) is 30.1 Å². The fourth-order valence-corrected chi connectivity index (χ4v) is 2.96. The molecule has 6 heteroatoms. The van der Waals surface area contributed by atoms with Gasteiger partial charge in [0.2, 0.25) is 5.91 Å². The molecule has 1 aliphatic rings. The highest BCUT2D eigenvalue weighted by Crippen LogP contribution is 2.19. The number of likely N-dealkylation sites (tertiary alicyclic amines) is 1. The summed E-state index contributed by atoms with van der Waals surface area (Å²) >= 11 is 0. The van der Waals surface area contributed by atoms with Gasteiger partial charge in [-0.05, 0) is 37.8 Å². The average Bonchev–Trinajstić information content (AvgIpc) is 2.55. The minimum absolute atomic E-state index is 0.214. The van der Waals surface area contributed by atoms with E-state index >= 15 is 0 Å². The van der Waals surface area contributed by atoms with Crippen LogP contribution in [-0.4, -0.2) is 47.9 Å². The van der Waals surface area contributed by atoms with E-state index in [1.165, 1.54) is 0 Å². The number of piperidine rings is 1. The molecule has 1 aromatic heterocycles. The molecule has 1 unspecified atom stereocenters. The number of pyridine rings is 1. The number of hydrogen-bond donors (Lipinski definition) is 2. The van der Waals surface area contributed by atoms with Gasteiger partial charge in [-0.15, -0.1) is 0 Å². The normalized spacial score (nSPS) is 18.7. The van der Waals surface area contributed by atoms with Crippen LogP contribution in [0.2, 0.25) is 0 Å². The van der Waals surface area contributed by atoms with Crippen LogP contribution >= 0.6 is 0 Å². The molecule has 23 heavy (non-hydrogen) atoms. The number of nitrogens with one attached hydrogen (secondary N) is 1. The molecule has 1 fully saturated rings. The number of nitrogens with two attached hydrogens (primary N) is 1. The lowest BCUT2D eigenvalue weighted by Gasteiger charge is -2.34. The number of hydrogen-bond acceptors (Lipinski definition) is 3. The predicted octanol–water partition coefficient (Wildman–Crippen LogP) is 1.18. The number of aliphatic imine (C=N–C) groups is 1. The molecule has 126 valence electrons. The third-order valence-corrected chi connectivity index (χ3v) is 4.00. The van der Waals surface area contributed by atoms with Crippen LogP contribution in [-0.2, 0) is 11.2 Å². The van der Waals surface area contributed by atoms with Gasteiger partial charge in [0.15, 0.2) is 5.96 Å². The molecule has 0 spiro atoms. The second-order valence-corrected chi connectivity index (χ2v) is 5.93. The summed E-state index contributed by atoms with van der Waals surface area (Å²) in [6, 6.07) is 5.94. The summed E-state index contributed by atoms with van der Waals surface area (Å²) in [4.78, 5) is 22.4. The highest BCUT2D eigenvalue weighted by atomic mass is 16.1. The Morgan fingerprint density at radius 3 is 3.09 bits per heavy atom. The van der Waals surface area contributed by atoms with Crippen molar-refractivity contribution in [1.29, 1.82) is 0 Å². The quantitative estimate of drug-likeness (QED) is 0.609. The smallest absolute Gasteiger partial charge is 0.217 e. The summed E-state index contributed by atoms with van der Waals surface area (Å²) in [5.41, 5.74) is 6.39. The molecule has 1 aromatic rings. The zero-order chi connectivity index (χ0) is 16.5. The molecule has 1 amide bonds. The molecule has 1 saturated heterocycles. The number of rotatable bonds is 6. The maximum atomic E-state index is 11.1. The maximum absolute atomic E-state index is 11.1. The number of aromatic nitrogens is 1. The van der Waals surface area contributed by atoms with E-state index in [-0.39, 0.29) is 5.91 Å². The summed E-state index contributed by atoms with van der Waals surface area (Å²) in [7, 11) is 0. The highest BCUT2D eigenvalue weighted by Gasteiger charge is 2.23. The first-order valence-electron chi connectivity index (χ1n) is 8.40. The van der Waals surface area contributed by atoms with E-state index in [1.54, 1.807) is 0 Å². The number of nitrogens with zero attached hydrogens (tertiary/aromatic N) is 3. The lowest BCUT2D eigenvalue weighted by Crippen LogP contribution is -2.47. The van der Waals surface area contributed by atoms with Gasteiger partial charge in [0, 0.05) is 50.9 Å². The van der Waals surface area contributed by atoms with Gasteiger partial charge in [-0.1, -0.05) is 6.07 Å². The standard InChI is InChI=1S/C17H27N5O/c1-2-19-17(21-10-8-15-7-3-4-9-20-15)22-11-5-6-14(13-22)12-16(18)23/h3-4,7,9,14H,2,5-6,8,10-13H2,1H3,(H2,18,23)(H,19,21).